The van der Waals surface area contributed by atoms with Gasteiger partial charge >= 0.3 is 0 Å². The van der Waals surface area contributed by atoms with Crippen LogP contribution in [0.1, 0.15) is 33.1 Å². The zero-order chi connectivity index (χ0) is 12.9. The lowest BCUT2D eigenvalue weighted by Crippen LogP contribution is -2.44. The van der Waals surface area contributed by atoms with Crippen LogP contribution in [0, 0.1) is 11.3 Å². The maximum atomic E-state index is 11.8. The number of nitrogens with two attached hydrogens (primary N) is 1. The maximum Gasteiger partial charge on any atom is 0.224 e. The highest BCUT2D eigenvalue weighted by atomic mass is 16.5. The number of methoxy groups -OCH3 is 1. The molecule has 0 aromatic rings. The first-order valence-corrected chi connectivity index (χ1v) is 6.48. The van der Waals surface area contributed by atoms with E-state index >= 15 is 0 Å². The largest absolute Gasteiger partial charge is 0.384 e. The third-order valence-corrected chi connectivity index (χ3v) is 4.00. The summed E-state index contributed by atoms with van der Waals surface area (Å²) in [5, 5.41) is 0. The van der Waals surface area contributed by atoms with Gasteiger partial charge in [-0.1, -0.05) is 13.8 Å². The Labute approximate surface area is 104 Å². The molecule has 0 aromatic heterocycles. The van der Waals surface area contributed by atoms with Crippen molar-refractivity contribution in [3.63, 3.8) is 0 Å². The third-order valence-electron chi connectivity index (χ3n) is 4.00. The topological polar surface area (TPSA) is 55.6 Å². The molecule has 0 aliphatic carbocycles. The lowest BCUT2D eigenvalue weighted by molar-refractivity contribution is -0.134. The molecule has 1 amide bonds. The first kappa shape index (κ1) is 14.5. The number of hydrogen-bond acceptors (Lipinski definition) is 3. The Hall–Kier alpha value is -0.610. The standard InChI is InChI=1S/C13H26N2O2/c1-13(2,10-14)11-4-7-15(8-5-11)12(16)6-9-17-3/h11H,4-10,14H2,1-3H3. The van der Waals surface area contributed by atoms with Crippen LogP contribution in [-0.2, 0) is 9.53 Å². The first-order valence-electron chi connectivity index (χ1n) is 6.48. The van der Waals surface area contributed by atoms with Crippen LogP contribution in [0.5, 0.6) is 0 Å². The van der Waals surface area contributed by atoms with Gasteiger partial charge in [-0.3, -0.25) is 4.79 Å². The van der Waals surface area contributed by atoms with Gasteiger partial charge in [0, 0.05) is 20.2 Å². The van der Waals surface area contributed by atoms with Gasteiger partial charge in [-0.05, 0) is 30.7 Å². The highest BCUT2D eigenvalue weighted by molar-refractivity contribution is 5.76. The van der Waals surface area contributed by atoms with Gasteiger partial charge in [-0.2, -0.15) is 0 Å². The normalized spacial score (nSPS) is 18.5. The zero-order valence-corrected chi connectivity index (χ0v) is 11.4. The molecular formula is C13H26N2O2. The predicted molar refractivity (Wildman–Crippen MR) is 68.6 cm³/mol. The highest BCUT2D eigenvalue weighted by Gasteiger charge is 2.32. The molecule has 1 rings (SSSR count). The Morgan fingerprint density at radius 3 is 2.47 bits per heavy atom. The molecule has 0 radical (unpaired) electrons. The van der Waals surface area contributed by atoms with Crippen LogP contribution in [-0.4, -0.2) is 44.2 Å². The van der Waals surface area contributed by atoms with Crippen molar-refractivity contribution in [2.24, 2.45) is 17.1 Å². The van der Waals surface area contributed by atoms with Gasteiger partial charge in [0.25, 0.3) is 0 Å². The number of likely N-dealkylation sites (tertiary alicyclic amines) is 1. The SMILES string of the molecule is COCCC(=O)N1CCC(C(C)(C)CN)CC1. The van der Waals surface area contributed by atoms with Crippen molar-refractivity contribution in [1.82, 2.24) is 4.90 Å². The number of ether oxygens (including phenoxy) is 1. The number of amides is 1. The summed E-state index contributed by atoms with van der Waals surface area (Å²) in [6, 6.07) is 0. The molecule has 0 atom stereocenters. The maximum absolute atomic E-state index is 11.8. The smallest absolute Gasteiger partial charge is 0.224 e. The van der Waals surface area contributed by atoms with Crippen molar-refractivity contribution in [3.05, 3.63) is 0 Å². The second-order valence-electron chi connectivity index (χ2n) is 5.59. The van der Waals surface area contributed by atoms with E-state index in [-0.39, 0.29) is 11.3 Å². The van der Waals surface area contributed by atoms with Gasteiger partial charge in [0.1, 0.15) is 0 Å². The molecular weight excluding hydrogens is 216 g/mol. The van der Waals surface area contributed by atoms with Crippen molar-refractivity contribution < 1.29 is 9.53 Å². The van der Waals surface area contributed by atoms with E-state index in [0.717, 1.165) is 32.5 Å². The molecule has 0 bridgehead atoms. The van der Waals surface area contributed by atoms with Gasteiger partial charge in [0.05, 0.1) is 13.0 Å². The van der Waals surface area contributed by atoms with Crippen molar-refractivity contribution in [2.75, 3.05) is 33.4 Å². The lowest BCUT2D eigenvalue weighted by atomic mass is 9.74. The van der Waals surface area contributed by atoms with E-state index in [9.17, 15) is 4.79 Å². The molecule has 0 aromatic carbocycles. The Bertz CT molecular complexity index is 246. The van der Waals surface area contributed by atoms with Crippen LogP contribution in [0.25, 0.3) is 0 Å². The summed E-state index contributed by atoms with van der Waals surface area (Å²) in [5.41, 5.74) is 6.00. The molecule has 1 heterocycles. The van der Waals surface area contributed by atoms with Crippen LogP contribution in [0.2, 0.25) is 0 Å². The molecule has 0 saturated carbocycles. The summed E-state index contributed by atoms with van der Waals surface area (Å²) in [6.07, 6.45) is 2.65. The van der Waals surface area contributed by atoms with Crippen LogP contribution in [0.4, 0.5) is 0 Å². The molecule has 1 aliphatic rings. The number of piperidine rings is 1. The fraction of sp³-hybridized carbons (Fsp3) is 0.923. The van der Waals surface area contributed by atoms with Gasteiger partial charge in [-0.25, -0.2) is 0 Å². The Morgan fingerprint density at radius 2 is 2.00 bits per heavy atom. The Balaban J connectivity index is 2.38. The van der Waals surface area contributed by atoms with Crippen LogP contribution < -0.4 is 5.73 Å². The molecule has 17 heavy (non-hydrogen) atoms. The van der Waals surface area contributed by atoms with Crippen molar-refractivity contribution in [3.8, 4) is 0 Å². The van der Waals surface area contributed by atoms with Crippen molar-refractivity contribution >= 4 is 5.91 Å². The van der Waals surface area contributed by atoms with Gasteiger partial charge in [-0.15, -0.1) is 0 Å². The second-order valence-corrected chi connectivity index (χ2v) is 5.59. The molecule has 0 spiro atoms. The molecule has 1 aliphatic heterocycles. The van der Waals surface area contributed by atoms with E-state index in [0.29, 0.717) is 18.9 Å². The lowest BCUT2D eigenvalue weighted by Gasteiger charge is -2.40. The average Bonchev–Trinajstić information content (AvgIpc) is 2.36. The van der Waals surface area contributed by atoms with Crippen LogP contribution >= 0.6 is 0 Å². The zero-order valence-electron chi connectivity index (χ0n) is 11.4. The summed E-state index contributed by atoms with van der Waals surface area (Å²) >= 11 is 0. The minimum absolute atomic E-state index is 0.196. The summed E-state index contributed by atoms with van der Waals surface area (Å²) in [7, 11) is 1.63. The number of carbonyl (C=O) groups excluding carboxylic acids is 1. The Morgan fingerprint density at radius 1 is 1.41 bits per heavy atom. The number of carbonyl (C=O) groups is 1. The summed E-state index contributed by atoms with van der Waals surface area (Å²) in [6.45, 7) is 7.43. The molecule has 0 unspecified atom stereocenters. The quantitative estimate of drug-likeness (QED) is 0.789. The minimum Gasteiger partial charge on any atom is -0.384 e. The van der Waals surface area contributed by atoms with Crippen LogP contribution in [0.3, 0.4) is 0 Å². The van der Waals surface area contributed by atoms with E-state index in [4.69, 9.17) is 10.5 Å². The van der Waals surface area contributed by atoms with E-state index in [1.165, 1.54) is 0 Å². The fourth-order valence-corrected chi connectivity index (χ4v) is 2.42. The minimum atomic E-state index is 0.196. The molecule has 4 nitrogen and oxygen atoms in total. The second kappa shape index (κ2) is 6.36. The molecule has 1 fully saturated rings. The van der Waals surface area contributed by atoms with E-state index in [1.54, 1.807) is 7.11 Å². The number of hydrogen-bond donors (Lipinski definition) is 1. The van der Waals surface area contributed by atoms with Gasteiger partial charge in [0.2, 0.25) is 5.91 Å². The number of nitrogens with zero attached hydrogens (tertiary/aromatic N) is 1. The van der Waals surface area contributed by atoms with E-state index in [2.05, 4.69) is 13.8 Å². The summed E-state index contributed by atoms with van der Waals surface area (Å²) in [5.74, 6) is 0.856. The summed E-state index contributed by atoms with van der Waals surface area (Å²) < 4.78 is 4.93. The average molecular weight is 242 g/mol. The molecule has 100 valence electrons. The predicted octanol–water partition coefficient (Wildman–Crippen LogP) is 1.25. The first-order chi connectivity index (χ1) is 8.01. The van der Waals surface area contributed by atoms with Gasteiger partial charge < -0.3 is 15.4 Å². The third kappa shape index (κ3) is 3.96. The van der Waals surface area contributed by atoms with Crippen LogP contribution in [0.15, 0.2) is 0 Å². The van der Waals surface area contributed by atoms with Crippen molar-refractivity contribution in [1.29, 1.82) is 0 Å². The summed E-state index contributed by atoms with van der Waals surface area (Å²) in [4.78, 5) is 13.8. The van der Waals surface area contributed by atoms with E-state index < -0.39 is 0 Å². The molecule has 2 N–H and O–H groups in total. The monoisotopic (exact) mass is 242 g/mol. The van der Waals surface area contributed by atoms with Crippen molar-refractivity contribution in [2.45, 2.75) is 33.1 Å². The molecule has 4 heteroatoms. The molecule has 1 saturated heterocycles. The highest BCUT2D eigenvalue weighted by Crippen LogP contribution is 2.34. The number of rotatable bonds is 5. The fourth-order valence-electron chi connectivity index (χ4n) is 2.42. The van der Waals surface area contributed by atoms with Gasteiger partial charge in [0.15, 0.2) is 0 Å². The Kier molecular flexibility index (Phi) is 5.40. The van der Waals surface area contributed by atoms with E-state index in [1.807, 2.05) is 4.90 Å².